The molecule has 0 aromatic heterocycles. The largest absolute Gasteiger partial charge is 0.318 e. The molecule has 0 spiro atoms. The predicted octanol–water partition coefficient (Wildman–Crippen LogP) is 3.99. The fourth-order valence-corrected chi connectivity index (χ4v) is 6.93. The summed E-state index contributed by atoms with van der Waals surface area (Å²) < 4.78 is 30.9. The Morgan fingerprint density at radius 2 is 1.77 bits per heavy atom. The summed E-state index contributed by atoms with van der Waals surface area (Å²) in [7, 11) is -4.30. The van der Waals surface area contributed by atoms with Crippen LogP contribution in [0.3, 0.4) is 0 Å². The maximum Gasteiger partial charge on any atom is 0.318 e. The molecule has 1 aliphatic heterocycles. The van der Waals surface area contributed by atoms with Gasteiger partial charge in [0.25, 0.3) is 11.8 Å². The van der Waals surface area contributed by atoms with Crippen LogP contribution in [0.1, 0.15) is 56.2 Å². The summed E-state index contributed by atoms with van der Waals surface area (Å²) in [6.07, 6.45) is 4.83. The number of imide groups is 1. The Kier molecular flexibility index (Phi) is 4.97. The highest BCUT2D eigenvalue weighted by atomic mass is 32.2. The second kappa shape index (κ2) is 7.02. The van der Waals surface area contributed by atoms with Gasteiger partial charge in [0.05, 0.1) is 5.92 Å². The summed E-state index contributed by atoms with van der Waals surface area (Å²) in [4.78, 5) is 25.4. The van der Waals surface area contributed by atoms with Crippen LogP contribution in [0.5, 0.6) is 0 Å². The molecule has 6 nitrogen and oxygen atoms in total. The Bertz CT molecular complexity index is 1050. The van der Waals surface area contributed by atoms with Crippen molar-refractivity contribution < 1.29 is 22.3 Å². The van der Waals surface area contributed by atoms with Gasteiger partial charge in [-0.15, -0.1) is 9.35 Å². The van der Waals surface area contributed by atoms with Crippen molar-refractivity contribution in [1.82, 2.24) is 5.06 Å². The molecule has 2 bridgehead atoms. The van der Waals surface area contributed by atoms with E-state index < -0.39 is 27.9 Å². The van der Waals surface area contributed by atoms with Crippen LogP contribution in [-0.2, 0) is 24.0 Å². The van der Waals surface area contributed by atoms with Crippen molar-refractivity contribution in [3.05, 3.63) is 40.5 Å². The number of carbonyl (C=O) groups excluding carboxylic acids is 2. The van der Waals surface area contributed by atoms with Crippen LogP contribution in [0.25, 0.3) is 0 Å². The van der Waals surface area contributed by atoms with E-state index in [4.69, 9.17) is 4.28 Å². The molecule has 0 radical (unpaired) electrons. The minimum atomic E-state index is -4.30. The zero-order valence-corrected chi connectivity index (χ0v) is 19.0. The topological polar surface area (TPSA) is 80.8 Å². The van der Waals surface area contributed by atoms with Gasteiger partial charge in [0, 0.05) is 6.42 Å². The van der Waals surface area contributed by atoms with E-state index in [2.05, 4.69) is 19.9 Å². The molecule has 0 unspecified atom stereocenters. The molecule has 4 aliphatic rings. The lowest BCUT2D eigenvalue weighted by Gasteiger charge is -2.56. The van der Waals surface area contributed by atoms with Crippen molar-refractivity contribution in [2.45, 2.75) is 65.2 Å². The number of allylic oxidation sites excluding steroid dienone is 2. The van der Waals surface area contributed by atoms with Gasteiger partial charge in [0.2, 0.25) is 0 Å². The highest BCUT2D eigenvalue weighted by Crippen LogP contribution is 2.60. The molecule has 1 aromatic rings. The number of rotatable bonds is 5. The number of hydrogen-bond acceptors (Lipinski definition) is 5. The number of hydrogen-bond donors (Lipinski definition) is 0. The van der Waals surface area contributed by atoms with E-state index >= 15 is 0 Å². The van der Waals surface area contributed by atoms with Gasteiger partial charge < -0.3 is 0 Å². The smallest absolute Gasteiger partial charge is 0.272 e. The SMILES string of the molecule is Cc1cc(C)c(S(=O)(=O)ON2C(=O)C[C@H](CC3=CC[C@H]4C[C@H]3C4(C)C)C2=O)c(C)c1. The molecule has 0 N–H and O–H groups in total. The van der Waals surface area contributed by atoms with Gasteiger partial charge in [-0.3, -0.25) is 9.59 Å². The number of amides is 2. The minimum absolute atomic E-state index is 0.00870. The van der Waals surface area contributed by atoms with E-state index in [1.807, 2.05) is 6.92 Å². The van der Waals surface area contributed by atoms with Gasteiger partial charge >= 0.3 is 10.1 Å². The lowest BCUT2D eigenvalue weighted by molar-refractivity contribution is -0.164. The third kappa shape index (κ3) is 3.32. The second-order valence-corrected chi connectivity index (χ2v) is 11.2. The van der Waals surface area contributed by atoms with Crippen LogP contribution in [0.15, 0.2) is 28.7 Å². The molecule has 3 aliphatic carbocycles. The first-order valence-corrected chi connectivity index (χ1v) is 11.9. The number of fused-ring (bicyclic) bond motifs is 1. The van der Waals surface area contributed by atoms with Gasteiger partial charge in [-0.2, -0.15) is 8.42 Å². The Morgan fingerprint density at radius 3 is 2.33 bits per heavy atom. The van der Waals surface area contributed by atoms with E-state index in [-0.39, 0.29) is 16.7 Å². The monoisotopic (exact) mass is 431 g/mol. The van der Waals surface area contributed by atoms with E-state index in [1.54, 1.807) is 26.0 Å². The van der Waals surface area contributed by atoms with Crippen molar-refractivity contribution >= 4 is 21.9 Å². The normalized spacial score (nSPS) is 27.8. The van der Waals surface area contributed by atoms with Gasteiger partial charge in [-0.05, 0) is 68.4 Å². The van der Waals surface area contributed by atoms with Crippen molar-refractivity contribution in [1.29, 1.82) is 0 Å². The number of hydroxylamine groups is 2. The van der Waals surface area contributed by atoms with Gasteiger partial charge in [-0.1, -0.05) is 43.2 Å². The average Bonchev–Trinajstić information content (AvgIpc) is 2.87. The summed E-state index contributed by atoms with van der Waals surface area (Å²) in [5.41, 5.74) is 3.44. The van der Waals surface area contributed by atoms with Crippen molar-refractivity contribution in [3.8, 4) is 0 Å². The minimum Gasteiger partial charge on any atom is -0.272 e. The Balaban J connectivity index is 1.52. The molecule has 30 heavy (non-hydrogen) atoms. The van der Waals surface area contributed by atoms with Crippen molar-refractivity contribution in [2.75, 3.05) is 0 Å². The maximum atomic E-state index is 12.9. The lowest BCUT2D eigenvalue weighted by Crippen LogP contribution is -2.48. The average molecular weight is 432 g/mol. The second-order valence-electron chi connectivity index (χ2n) is 9.71. The molecule has 1 saturated carbocycles. The number of aryl methyl sites for hydroxylation is 3. The van der Waals surface area contributed by atoms with Gasteiger partial charge in [-0.25, -0.2) is 0 Å². The first-order chi connectivity index (χ1) is 13.9. The van der Waals surface area contributed by atoms with E-state index in [9.17, 15) is 18.0 Å². The molecule has 5 rings (SSSR count). The van der Waals surface area contributed by atoms with E-state index in [0.29, 0.717) is 34.4 Å². The highest BCUT2D eigenvalue weighted by Gasteiger charge is 2.52. The zero-order chi connectivity index (χ0) is 22.0. The summed E-state index contributed by atoms with van der Waals surface area (Å²) in [5, 5.41) is 0.469. The first-order valence-electron chi connectivity index (χ1n) is 10.5. The number of benzene rings is 1. The Labute approximate surface area is 178 Å². The molecule has 162 valence electrons. The Morgan fingerprint density at radius 1 is 1.13 bits per heavy atom. The highest BCUT2D eigenvalue weighted by molar-refractivity contribution is 7.86. The maximum absolute atomic E-state index is 12.9. The van der Waals surface area contributed by atoms with E-state index in [1.165, 1.54) is 5.57 Å². The van der Waals surface area contributed by atoms with Crippen LogP contribution >= 0.6 is 0 Å². The van der Waals surface area contributed by atoms with Crippen LogP contribution in [0.2, 0.25) is 0 Å². The number of nitrogens with zero attached hydrogens (tertiary/aromatic N) is 1. The quantitative estimate of drug-likeness (QED) is 0.520. The first kappa shape index (κ1) is 21.2. The number of carbonyl (C=O) groups is 2. The van der Waals surface area contributed by atoms with Crippen LogP contribution in [0.4, 0.5) is 0 Å². The molecule has 1 heterocycles. The Hall–Kier alpha value is -1.99. The van der Waals surface area contributed by atoms with Gasteiger partial charge in [0.1, 0.15) is 4.90 Å². The summed E-state index contributed by atoms with van der Waals surface area (Å²) >= 11 is 0. The molecule has 3 atom stereocenters. The van der Waals surface area contributed by atoms with Gasteiger partial charge in [0.15, 0.2) is 0 Å². The molecule has 2 fully saturated rings. The van der Waals surface area contributed by atoms with Crippen LogP contribution < -0.4 is 0 Å². The summed E-state index contributed by atoms with van der Waals surface area (Å²) in [5.74, 6) is -0.592. The standard InChI is InChI=1S/C23H29NO5S/c1-13-8-14(2)21(15(3)9-13)30(27,28)29-24-20(25)11-17(22(24)26)10-16-6-7-18-12-19(16)23(18,4)5/h6,8-9,17-19H,7,10-12H2,1-5H3/t17-,18-,19+/m0/s1. The predicted molar refractivity (Wildman–Crippen MR) is 112 cm³/mol. The third-order valence-corrected chi connectivity index (χ3v) is 8.78. The van der Waals surface area contributed by atoms with E-state index in [0.717, 1.165) is 18.4 Å². The third-order valence-electron chi connectivity index (χ3n) is 7.29. The van der Waals surface area contributed by atoms with Crippen LogP contribution in [-0.4, -0.2) is 25.3 Å². The zero-order valence-electron chi connectivity index (χ0n) is 18.2. The molecule has 7 heteroatoms. The fraction of sp³-hybridized carbons (Fsp3) is 0.565. The van der Waals surface area contributed by atoms with Crippen molar-refractivity contribution in [2.24, 2.45) is 23.2 Å². The fourth-order valence-electron chi connectivity index (χ4n) is 5.60. The molecule has 1 aromatic carbocycles. The molecule has 1 saturated heterocycles. The van der Waals surface area contributed by atoms with Crippen molar-refractivity contribution in [3.63, 3.8) is 0 Å². The molecule has 2 amide bonds. The lowest BCUT2D eigenvalue weighted by atomic mass is 9.48. The molecular weight excluding hydrogens is 402 g/mol. The summed E-state index contributed by atoms with van der Waals surface area (Å²) in [6.45, 7) is 9.75. The molecular formula is C23H29NO5S. The summed E-state index contributed by atoms with van der Waals surface area (Å²) in [6, 6.07) is 3.48. The van der Waals surface area contributed by atoms with Crippen LogP contribution in [0, 0.1) is 43.9 Å².